The maximum Gasteiger partial charge on any atom is 0.269 e. The van der Waals surface area contributed by atoms with Crippen molar-refractivity contribution in [3.05, 3.63) is 56.3 Å². The summed E-state index contributed by atoms with van der Waals surface area (Å²) in [5.74, 6) is -0.201. The Bertz CT molecular complexity index is 894. The van der Waals surface area contributed by atoms with Gasteiger partial charge in [-0.15, -0.1) is 11.3 Å². The van der Waals surface area contributed by atoms with E-state index in [0.717, 1.165) is 16.8 Å². The SMILES string of the molecule is CS(=O)(=O)NCCc1ccc(C(=O)NCCNc2ccc([N+](=O)[O-])cc2)s1. The van der Waals surface area contributed by atoms with Crippen molar-refractivity contribution in [1.82, 2.24) is 10.0 Å². The van der Waals surface area contributed by atoms with Crippen LogP contribution in [0.2, 0.25) is 0 Å². The number of hydrogen-bond acceptors (Lipinski definition) is 7. The van der Waals surface area contributed by atoms with Crippen molar-refractivity contribution >= 4 is 38.6 Å². The van der Waals surface area contributed by atoms with Crippen LogP contribution in [0.15, 0.2) is 36.4 Å². The minimum Gasteiger partial charge on any atom is -0.383 e. The third kappa shape index (κ3) is 7.33. The smallest absolute Gasteiger partial charge is 0.269 e. The van der Waals surface area contributed by atoms with Gasteiger partial charge in [0.25, 0.3) is 11.6 Å². The number of amides is 1. The fraction of sp³-hybridized carbons (Fsp3) is 0.312. The molecule has 0 aliphatic rings. The van der Waals surface area contributed by atoms with Crippen molar-refractivity contribution in [2.75, 3.05) is 31.2 Å². The first kappa shape index (κ1) is 20.8. The summed E-state index contributed by atoms with van der Waals surface area (Å²) in [6.45, 7) is 1.15. The number of thiophene rings is 1. The summed E-state index contributed by atoms with van der Waals surface area (Å²) in [7, 11) is -3.21. The van der Waals surface area contributed by atoms with Crippen molar-refractivity contribution < 1.29 is 18.1 Å². The molecule has 146 valence electrons. The Hall–Kier alpha value is -2.50. The molecule has 0 fully saturated rings. The third-order valence-corrected chi connectivity index (χ3v) is 5.31. The summed E-state index contributed by atoms with van der Waals surface area (Å²) in [5.41, 5.74) is 0.751. The number of non-ortho nitro benzene ring substituents is 1. The molecule has 0 unspecified atom stereocenters. The molecule has 11 heteroatoms. The molecule has 0 saturated carbocycles. The number of nitro benzene ring substituents is 1. The summed E-state index contributed by atoms with van der Waals surface area (Å²) >= 11 is 1.32. The maximum atomic E-state index is 12.1. The molecular weight excluding hydrogens is 392 g/mol. The number of nitrogens with one attached hydrogen (secondary N) is 3. The van der Waals surface area contributed by atoms with E-state index in [9.17, 15) is 23.3 Å². The van der Waals surface area contributed by atoms with E-state index in [2.05, 4.69) is 15.4 Å². The number of carbonyl (C=O) groups excluding carboxylic acids is 1. The highest BCUT2D eigenvalue weighted by atomic mass is 32.2. The zero-order valence-electron chi connectivity index (χ0n) is 14.6. The second-order valence-corrected chi connectivity index (χ2v) is 8.67. The molecule has 0 bridgehead atoms. The highest BCUT2D eigenvalue weighted by Crippen LogP contribution is 2.17. The van der Waals surface area contributed by atoms with Crippen molar-refractivity contribution in [3.8, 4) is 0 Å². The highest BCUT2D eigenvalue weighted by molar-refractivity contribution is 7.88. The summed E-state index contributed by atoms with van der Waals surface area (Å²) in [6, 6.07) is 9.55. The molecule has 0 aliphatic carbocycles. The van der Waals surface area contributed by atoms with Gasteiger partial charge in [0.2, 0.25) is 10.0 Å². The molecular formula is C16H20N4O5S2. The number of rotatable bonds is 10. The first-order valence-corrected chi connectivity index (χ1v) is 10.8. The molecule has 0 aliphatic heterocycles. The number of nitrogens with zero attached hydrogens (tertiary/aromatic N) is 1. The molecule has 9 nitrogen and oxygen atoms in total. The van der Waals surface area contributed by atoms with E-state index in [0.29, 0.717) is 30.9 Å². The van der Waals surface area contributed by atoms with Gasteiger partial charge in [0, 0.05) is 42.3 Å². The van der Waals surface area contributed by atoms with Crippen molar-refractivity contribution in [3.63, 3.8) is 0 Å². The fourth-order valence-electron chi connectivity index (χ4n) is 2.16. The third-order valence-electron chi connectivity index (χ3n) is 3.44. The molecule has 1 heterocycles. The van der Waals surface area contributed by atoms with Gasteiger partial charge < -0.3 is 10.6 Å². The Morgan fingerprint density at radius 3 is 2.44 bits per heavy atom. The molecule has 2 aromatic rings. The molecule has 3 N–H and O–H groups in total. The molecule has 0 radical (unpaired) electrons. The molecule has 1 aromatic heterocycles. The Kier molecular flexibility index (Phi) is 7.28. The minimum absolute atomic E-state index is 0.0223. The van der Waals surface area contributed by atoms with Crippen molar-refractivity contribution in [1.29, 1.82) is 0 Å². The number of anilines is 1. The van der Waals surface area contributed by atoms with Crippen molar-refractivity contribution in [2.45, 2.75) is 6.42 Å². The Morgan fingerprint density at radius 2 is 1.81 bits per heavy atom. The summed E-state index contributed by atoms with van der Waals surface area (Å²) in [5, 5.41) is 16.4. The van der Waals surface area contributed by atoms with Gasteiger partial charge >= 0.3 is 0 Å². The lowest BCUT2D eigenvalue weighted by atomic mass is 10.3. The second-order valence-electron chi connectivity index (χ2n) is 5.67. The maximum absolute atomic E-state index is 12.1. The van der Waals surface area contributed by atoms with Crippen LogP contribution >= 0.6 is 11.3 Å². The van der Waals surface area contributed by atoms with E-state index in [1.165, 1.54) is 23.5 Å². The quantitative estimate of drug-likeness (QED) is 0.309. The molecule has 0 saturated heterocycles. The zero-order valence-corrected chi connectivity index (χ0v) is 16.2. The van der Waals surface area contributed by atoms with Gasteiger partial charge in [-0.25, -0.2) is 13.1 Å². The predicted octanol–water partition coefficient (Wildman–Crippen LogP) is 1.59. The van der Waals surface area contributed by atoms with E-state index in [1.54, 1.807) is 24.3 Å². The van der Waals surface area contributed by atoms with E-state index in [-0.39, 0.29) is 11.6 Å². The second kappa shape index (κ2) is 9.44. The van der Waals surface area contributed by atoms with Crippen LogP contribution in [0.4, 0.5) is 11.4 Å². The van der Waals surface area contributed by atoms with Gasteiger partial charge in [-0.05, 0) is 30.7 Å². The van der Waals surface area contributed by atoms with Crippen LogP contribution in [-0.4, -0.2) is 45.1 Å². The molecule has 1 amide bonds. The van der Waals surface area contributed by atoms with E-state index in [1.807, 2.05) is 0 Å². The number of nitro groups is 1. The van der Waals surface area contributed by atoms with Crippen LogP contribution < -0.4 is 15.4 Å². The van der Waals surface area contributed by atoms with Gasteiger partial charge in [-0.3, -0.25) is 14.9 Å². The lowest BCUT2D eigenvalue weighted by Gasteiger charge is -2.07. The largest absolute Gasteiger partial charge is 0.383 e. The van der Waals surface area contributed by atoms with Crippen LogP contribution in [-0.2, 0) is 16.4 Å². The Balaban J connectivity index is 1.72. The fourth-order valence-corrected chi connectivity index (χ4v) is 3.56. The zero-order chi connectivity index (χ0) is 19.9. The lowest BCUT2D eigenvalue weighted by Crippen LogP contribution is -2.28. The van der Waals surface area contributed by atoms with Gasteiger partial charge in [0.05, 0.1) is 16.1 Å². The van der Waals surface area contributed by atoms with Crippen molar-refractivity contribution in [2.24, 2.45) is 0 Å². The van der Waals surface area contributed by atoms with Crippen LogP contribution in [0.25, 0.3) is 0 Å². The standard InChI is InChI=1S/C16H20N4O5S2/c1-27(24,25)19-9-8-14-6-7-15(26-14)16(21)18-11-10-17-12-2-4-13(5-3-12)20(22)23/h2-7,17,19H,8-11H2,1H3,(H,18,21). The molecule has 27 heavy (non-hydrogen) atoms. The summed E-state index contributed by atoms with van der Waals surface area (Å²) in [6.07, 6.45) is 1.62. The van der Waals surface area contributed by atoms with Crippen LogP contribution in [0.5, 0.6) is 0 Å². The minimum atomic E-state index is -3.21. The summed E-state index contributed by atoms with van der Waals surface area (Å²) in [4.78, 5) is 23.7. The number of benzene rings is 1. The topological polar surface area (TPSA) is 130 Å². The normalized spacial score (nSPS) is 11.1. The average molecular weight is 412 g/mol. The molecule has 1 aromatic carbocycles. The van der Waals surface area contributed by atoms with Crippen LogP contribution in [0.1, 0.15) is 14.5 Å². The lowest BCUT2D eigenvalue weighted by molar-refractivity contribution is -0.384. The molecule has 0 atom stereocenters. The van der Waals surface area contributed by atoms with E-state index in [4.69, 9.17) is 0 Å². The number of carbonyl (C=O) groups is 1. The van der Waals surface area contributed by atoms with Crippen LogP contribution in [0, 0.1) is 10.1 Å². The Labute approximate surface area is 161 Å². The first-order valence-electron chi connectivity index (χ1n) is 8.04. The number of sulfonamides is 1. The molecule has 2 rings (SSSR count). The van der Waals surface area contributed by atoms with Gasteiger partial charge in [-0.1, -0.05) is 0 Å². The first-order chi connectivity index (χ1) is 12.7. The Morgan fingerprint density at radius 1 is 1.11 bits per heavy atom. The van der Waals surface area contributed by atoms with E-state index < -0.39 is 14.9 Å². The van der Waals surface area contributed by atoms with Gasteiger partial charge in [-0.2, -0.15) is 0 Å². The predicted molar refractivity (Wildman–Crippen MR) is 105 cm³/mol. The summed E-state index contributed by atoms with van der Waals surface area (Å²) < 4.78 is 24.5. The highest BCUT2D eigenvalue weighted by Gasteiger charge is 2.09. The number of hydrogen-bond donors (Lipinski definition) is 3. The average Bonchev–Trinajstić information content (AvgIpc) is 3.07. The van der Waals surface area contributed by atoms with E-state index >= 15 is 0 Å². The molecule has 0 spiro atoms. The van der Waals surface area contributed by atoms with Gasteiger partial charge in [0.15, 0.2) is 0 Å². The monoisotopic (exact) mass is 412 g/mol. The van der Waals surface area contributed by atoms with Crippen LogP contribution in [0.3, 0.4) is 0 Å². The van der Waals surface area contributed by atoms with Gasteiger partial charge in [0.1, 0.15) is 0 Å².